The first-order chi connectivity index (χ1) is 6.81. The van der Waals surface area contributed by atoms with Gasteiger partial charge in [0.25, 0.3) is 0 Å². The van der Waals surface area contributed by atoms with Crippen molar-refractivity contribution in [2.45, 2.75) is 32.2 Å². The maximum atomic E-state index is 4.45. The molecule has 1 atom stereocenters. The third kappa shape index (κ3) is 1.80. The van der Waals surface area contributed by atoms with E-state index < -0.39 is 0 Å². The molecule has 0 aliphatic carbocycles. The number of nitrogens with zero attached hydrogens (tertiary/aromatic N) is 2. The van der Waals surface area contributed by atoms with Crippen LogP contribution in [0, 0.1) is 0 Å². The average Bonchev–Trinajstić information content (AvgIpc) is 2.65. The van der Waals surface area contributed by atoms with E-state index in [2.05, 4.69) is 36.0 Å². The van der Waals surface area contributed by atoms with Gasteiger partial charge in [-0.25, -0.2) is 0 Å². The van der Waals surface area contributed by atoms with E-state index in [0.717, 1.165) is 6.42 Å². The zero-order valence-electron chi connectivity index (χ0n) is 9.03. The van der Waals surface area contributed by atoms with Crippen LogP contribution in [-0.2, 0) is 6.42 Å². The predicted octanol–water partition coefficient (Wildman–Crippen LogP) is 2.41. The highest BCUT2D eigenvalue weighted by atomic mass is 15.1. The molecule has 1 aromatic heterocycles. The van der Waals surface area contributed by atoms with Crippen molar-refractivity contribution >= 4 is 0 Å². The van der Waals surface area contributed by atoms with Crippen LogP contribution in [0.1, 0.15) is 37.1 Å². The standard InChI is InChI=1S/C12H18N2/c1-3-11-7-6-10(9-13-11)12-5-4-8-14(12)2/h6-7,9,12H,3-5,8H2,1-2H3/t12-/m0/s1. The van der Waals surface area contributed by atoms with Gasteiger partial charge in [0.2, 0.25) is 0 Å². The summed E-state index contributed by atoms with van der Waals surface area (Å²) in [5.41, 5.74) is 2.57. The molecule has 2 heteroatoms. The van der Waals surface area contributed by atoms with Gasteiger partial charge in [0.05, 0.1) is 0 Å². The molecule has 2 rings (SSSR count). The van der Waals surface area contributed by atoms with Crippen molar-refractivity contribution < 1.29 is 0 Å². The largest absolute Gasteiger partial charge is 0.299 e. The van der Waals surface area contributed by atoms with Crippen molar-refractivity contribution in [1.82, 2.24) is 9.88 Å². The molecule has 2 nitrogen and oxygen atoms in total. The maximum absolute atomic E-state index is 4.45. The molecule has 0 saturated carbocycles. The van der Waals surface area contributed by atoms with Crippen LogP contribution >= 0.6 is 0 Å². The van der Waals surface area contributed by atoms with Gasteiger partial charge >= 0.3 is 0 Å². The topological polar surface area (TPSA) is 16.1 Å². The van der Waals surface area contributed by atoms with Gasteiger partial charge in [-0.15, -0.1) is 0 Å². The summed E-state index contributed by atoms with van der Waals surface area (Å²) in [5.74, 6) is 0. The molecule has 1 aliphatic rings. The summed E-state index contributed by atoms with van der Waals surface area (Å²) in [6.45, 7) is 3.36. The lowest BCUT2D eigenvalue weighted by atomic mass is 10.1. The molecule has 0 unspecified atom stereocenters. The van der Waals surface area contributed by atoms with Crippen molar-refractivity contribution in [3.05, 3.63) is 29.6 Å². The van der Waals surface area contributed by atoms with E-state index in [4.69, 9.17) is 0 Å². The van der Waals surface area contributed by atoms with Crippen molar-refractivity contribution in [3.63, 3.8) is 0 Å². The Balaban J connectivity index is 2.16. The van der Waals surface area contributed by atoms with Gasteiger partial charge < -0.3 is 0 Å². The van der Waals surface area contributed by atoms with Crippen LogP contribution in [0.4, 0.5) is 0 Å². The van der Waals surface area contributed by atoms with Gasteiger partial charge in [-0.3, -0.25) is 9.88 Å². The van der Waals surface area contributed by atoms with E-state index in [1.54, 1.807) is 0 Å². The predicted molar refractivity (Wildman–Crippen MR) is 58.2 cm³/mol. The van der Waals surface area contributed by atoms with Crippen LogP contribution in [0.15, 0.2) is 18.3 Å². The maximum Gasteiger partial charge on any atom is 0.0401 e. The van der Waals surface area contributed by atoms with Crippen molar-refractivity contribution in [2.24, 2.45) is 0 Å². The highest BCUT2D eigenvalue weighted by Gasteiger charge is 2.22. The third-order valence-corrected chi connectivity index (χ3v) is 3.12. The zero-order chi connectivity index (χ0) is 9.97. The van der Waals surface area contributed by atoms with Crippen LogP contribution in [0.3, 0.4) is 0 Å². The third-order valence-electron chi connectivity index (χ3n) is 3.12. The lowest BCUT2D eigenvalue weighted by Gasteiger charge is -2.19. The summed E-state index contributed by atoms with van der Waals surface area (Å²) in [5, 5.41) is 0. The fraction of sp³-hybridized carbons (Fsp3) is 0.583. The molecule has 0 bridgehead atoms. The minimum absolute atomic E-state index is 0.605. The lowest BCUT2D eigenvalue weighted by molar-refractivity contribution is 0.317. The van der Waals surface area contributed by atoms with Crippen LogP contribution < -0.4 is 0 Å². The van der Waals surface area contributed by atoms with E-state index in [1.165, 1.54) is 30.6 Å². The zero-order valence-corrected chi connectivity index (χ0v) is 9.03. The van der Waals surface area contributed by atoms with E-state index in [9.17, 15) is 0 Å². The fourth-order valence-electron chi connectivity index (χ4n) is 2.17. The molecule has 76 valence electrons. The minimum atomic E-state index is 0.605. The Hall–Kier alpha value is -0.890. The number of hydrogen-bond acceptors (Lipinski definition) is 2. The Morgan fingerprint density at radius 2 is 2.36 bits per heavy atom. The highest BCUT2D eigenvalue weighted by Crippen LogP contribution is 2.29. The Morgan fingerprint density at radius 3 is 2.86 bits per heavy atom. The molecule has 1 aromatic rings. The Morgan fingerprint density at radius 1 is 1.50 bits per heavy atom. The molecule has 1 saturated heterocycles. The Bertz CT molecular complexity index is 292. The molecule has 0 amide bonds. The quantitative estimate of drug-likeness (QED) is 0.712. The van der Waals surface area contributed by atoms with Gasteiger partial charge in [0.1, 0.15) is 0 Å². The van der Waals surface area contributed by atoms with Crippen molar-refractivity contribution in [2.75, 3.05) is 13.6 Å². The number of aryl methyl sites for hydroxylation is 1. The summed E-state index contributed by atoms with van der Waals surface area (Å²) >= 11 is 0. The fourth-order valence-corrected chi connectivity index (χ4v) is 2.17. The number of pyridine rings is 1. The average molecular weight is 190 g/mol. The first kappa shape index (κ1) is 9.66. The molecule has 0 spiro atoms. The SMILES string of the molecule is CCc1ccc([C@@H]2CCCN2C)cn1. The molecule has 14 heavy (non-hydrogen) atoms. The molecule has 0 N–H and O–H groups in total. The smallest absolute Gasteiger partial charge is 0.0401 e. The summed E-state index contributed by atoms with van der Waals surface area (Å²) in [7, 11) is 2.20. The summed E-state index contributed by atoms with van der Waals surface area (Å²) in [6, 6.07) is 4.99. The number of rotatable bonds is 2. The first-order valence-electron chi connectivity index (χ1n) is 5.46. The Labute approximate surface area is 86.0 Å². The number of likely N-dealkylation sites (tertiary alicyclic amines) is 1. The Kier molecular flexibility index (Phi) is 2.82. The van der Waals surface area contributed by atoms with E-state index >= 15 is 0 Å². The summed E-state index contributed by atoms with van der Waals surface area (Å²) in [6.07, 6.45) is 5.67. The highest BCUT2D eigenvalue weighted by molar-refractivity contribution is 5.18. The van der Waals surface area contributed by atoms with Crippen LogP contribution in [0.25, 0.3) is 0 Å². The molecule has 0 aromatic carbocycles. The van der Waals surface area contributed by atoms with E-state index in [1.807, 2.05) is 6.20 Å². The second-order valence-electron chi connectivity index (χ2n) is 4.08. The molecule has 2 heterocycles. The molecular formula is C12H18N2. The minimum Gasteiger partial charge on any atom is -0.299 e. The van der Waals surface area contributed by atoms with Crippen LogP contribution in [0.2, 0.25) is 0 Å². The summed E-state index contributed by atoms with van der Waals surface area (Å²) < 4.78 is 0. The first-order valence-corrected chi connectivity index (χ1v) is 5.46. The van der Waals surface area contributed by atoms with Crippen LogP contribution in [0.5, 0.6) is 0 Å². The van der Waals surface area contributed by atoms with Gasteiger partial charge in [-0.1, -0.05) is 13.0 Å². The normalized spacial score (nSPS) is 22.9. The molecule has 1 aliphatic heterocycles. The number of aromatic nitrogens is 1. The van der Waals surface area contributed by atoms with Gasteiger partial charge in [-0.05, 0) is 44.5 Å². The van der Waals surface area contributed by atoms with E-state index in [0.29, 0.717) is 6.04 Å². The molecule has 0 radical (unpaired) electrons. The second kappa shape index (κ2) is 4.09. The molecule has 1 fully saturated rings. The van der Waals surface area contributed by atoms with Gasteiger partial charge in [0, 0.05) is 17.9 Å². The van der Waals surface area contributed by atoms with Gasteiger partial charge in [0.15, 0.2) is 0 Å². The van der Waals surface area contributed by atoms with E-state index in [-0.39, 0.29) is 0 Å². The number of hydrogen-bond donors (Lipinski definition) is 0. The van der Waals surface area contributed by atoms with Crippen LogP contribution in [-0.4, -0.2) is 23.5 Å². The lowest BCUT2D eigenvalue weighted by Crippen LogP contribution is -2.17. The summed E-state index contributed by atoms with van der Waals surface area (Å²) in [4.78, 5) is 6.87. The van der Waals surface area contributed by atoms with Crippen molar-refractivity contribution in [1.29, 1.82) is 0 Å². The monoisotopic (exact) mass is 190 g/mol. The van der Waals surface area contributed by atoms with Crippen molar-refractivity contribution in [3.8, 4) is 0 Å². The van der Waals surface area contributed by atoms with Gasteiger partial charge in [-0.2, -0.15) is 0 Å². The molecular weight excluding hydrogens is 172 g/mol. The second-order valence-corrected chi connectivity index (χ2v) is 4.08.